The first-order valence-electron chi connectivity index (χ1n) is 5.87. The third kappa shape index (κ3) is 3.44. The van der Waals surface area contributed by atoms with Crippen LogP contribution in [0.2, 0.25) is 0 Å². The van der Waals surface area contributed by atoms with Gasteiger partial charge >= 0.3 is 0 Å². The molecule has 2 nitrogen and oxygen atoms in total. The van der Waals surface area contributed by atoms with Crippen molar-refractivity contribution < 1.29 is 9.36 Å². The summed E-state index contributed by atoms with van der Waals surface area (Å²) in [7, 11) is 0. The predicted octanol–water partition coefficient (Wildman–Crippen LogP) is 3.02. The van der Waals surface area contributed by atoms with Crippen molar-refractivity contribution in [2.45, 2.75) is 30.3 Å². The maximum atomic E-state index is 11.3. The number of hydrogen-bond acceptors (Lipinski definition) is 2. The highest BCUT2D eigenvalue weighted by Gasteiger charge is 2.14. The Morgan fingerprint density at radius 2 is 1.89 bits per heavy atom. The van der Waals surface area contributed by atoms with E-state index in [1.807, 2.05) is 35.9 Å². The molecule has 3 heteroatoms. The second kappa shape index (κ2) is 5.83. The largest absolute Gasteiger partial charge is 0.293 e. The average molecular weight is 258 g/mol. The van der Waals surface area contributed by atoms with Crippen LogP contribution in [0.15, 0.2) is 58.6 Å². The summed E-state index contributed by atoms with van der Waals surface area (Å²) in [6.45, 7) is 4.08. The van der Waals surface area contributed by atoms with Crippen LogP contribution in [0.25, 0.3) is 0 Å². The number of Topliss-reactive ketones (excluding diaryl/α,β-unsaturated/α-hetero) is 1. The highest BCUT2D eigenvalue weighted by atomic mass is 32.2. The van der Waals surface area contributed by atoms with Gasteiger partial charge in [-0.25, -0.2) is 0 Å². The standard InChI is InChI=1S/C15H16NOS/c1-12-8-9-15(16(10-12)11-13(2)17)18-14-6-4-3-5-7-14/h3-10H,11H2,1-2H3/q+1. The molecule has 1 aromatic carbocycles. The summed E-state index contributed by atoms with van der Waals surface area (Å²) in [6.07, 6.45) is 2.02. The van der Waals surface area contributed by atoms with Gasteiger partial charge in [0.15, 0.2) is 12.0 Å². The lowest BCUT2D eigenvalue weighted by molar-refractivity contribution is -0.720. The minimum Gasteiger partial charge on any atom is -0.293 e. The molecule has 0 aliphatic rings. The fraction of sp³-hybridized carbons (Fsp3) is 0.200. The fourth-order valence-electron chi connectivity index (χ4n) is 1.72. The molecule has 0 saturated carbocycles. The number of nitrogens with zero attached hydrogens (tertiary/aromatic N) is 1. The maximum Gasteiger partial charge on any atom is 0.245 e. The number of carbonyl (C=O) groups is 1. The molecule has 2 aromatic rings. The minimum absolute atomic E-state index is 0.167. The van der Waals surface area contributed by atoms with Crippen LogP contribution in [-0.2, 0) is 11.3 Å². The van der Waals surface area contributed by atoms with Crippen LogP contribution in [-0.4, -0.2) is 5.78 Å². The van der Waals surface area contributed by atoms with E-state index in [1.54, 1.807) is 18.7 Å². The van der Waals surface area contributed by atoms with Gasteiger partial charge in [-0.15, -0.1) is 0 Å². The van der Waals surface area contributed by atoms with Crippen LogP contribution < -0.4 is 4.57 Å². The number of aryl methyl sites for hydroxylation is 1. The van der Waals surface area contributed by atoms with Crippen LogP contribution in [0.4, 0.5) is 0 Å². The second-order valence-electron chi connectivity index (χ2n) is 4.29. The van der Waals surface area contributed by atoms with Crippen molar-refractivity contribution in [2.75, 3.05) is 0 Å². The first-order chi connectivity index (χ1) is 8.65. The highest BCUT2D eigenvalue weighted by molar-refractivity contribution is 7.99. The van der Waals surface area contributed by atoms with Gasteiger partial charge in [-0.3, -0.25) is 4.79 Å². The van der Waals surface area contributed by atoms with Crippen molar-refractivity contribution in [3.8, 4) is 0 Å². The van der Waals surface area contributed by atoms with Gasteiger partial charge in [0.05, 0.1) is 0 Å². The van der Waals surface area contributed by atoms with Gasteiger partial charge in [-0.2, -0.15) is 4.57 Å². The summed E-state index contributed by atoms with van der Waals surface area (Å²) in [4.78, 5) is 12.5. The molecule has 92 valence electrons. The van der Waals surface area contributed by atoms with Gasteiger partial charge in [-0.05, 0) is 36.9 Å². The smallest absolute Gasteiger partial charge is 0.245 e. The Bertz CT molecular complexity index is 552. The van der Waals surface area contributed by atoms with E-state index in [2.05, 4.69) is 24.3 Å². The summed E-state index contributed by atoms with van der Waals surface area (Å²) in [5.41, 5.74) is 1.16. The van der Waals surface area contributed by atoms with Crippen molar-refractivity contribution in [2.24, 2.45) is 0 Å². The maximum absolute atomic E-state index is 11.3. The summed E-state index contributed by atoms with van der Waals surface area (Å²) in [5.74, 6) is 0.167. The zero-order valence-corrected chi connectivity index (χ0v) is 11.4. The highest BCUT2D eigenvalue weighted by Crippen LogP contribution is 2.24. The Morgan fingerprint density at radius 3 is 2.56 bits per heavy atom. The molecule has 0 fully saturated rings. The van der Waals surface area contributed by atoms with Gasteiger partial charge in [-0.1, -0.05) is 18.2 Å². The van der Waals surface area contributed by atoms with Crippen LogP contribution in [0.3, 0.4) is 0 Å². The zero-order chi connectivity index (χ0) is 13.0. The fourth-order valence-corrected chi connectivity index (χ4v) is 2.62. The molecule has 18 heavy (non-hydrogen) atoms. The van der Waals surface area contributed by atoms with Crippen LogP contribution in [0, 0.1) is 6.92 Å². The van der Waals surface area contributed by atoms with Gasteiger partial charge in [0.1, 0.15) is 0 Å². The SMILES string of the molecule is CC(=O)C[n+]1cc(C)ccc1Sc1ccccc1. The van der Waals surface area contributed by atoms with Crippen molar-refractivity contribution >= 4 is 17.5 Å². The Hall–Kier alpha value is -1.61. The van der Waals surface area contributed by atoms with E-state index < -0.39 is 0 Å². The lowest BCUT2D eigenvalue weighted by atomic mass is 10.3. The van der Waals surface area contributed by atoms with E-state index >= 15 is 0 Å². The number of ketones is 1. The third-order valence-electron chi connectivity index (χ3n) is 2.49. The van der Waals surface area contributed by atoms with Crippen molar-refractivity contribution in [1.82, 2.24) is 0 Å². The summed E-state index contributed by atoms with van der Waals surface area (Å²) < 4.78 is 2.01. The lowest BCUT2D eigenvalue weighted by Gasteiger charge is -2.03. The predicted molar refractivity (Wildman–Crippen MR) is 72.6 cm³/mol. The third-order valence-corrected chi connectivity index (χ3v) is 3.58. The number of pyridine rings is 1. The molecule has 0 aliphatic heterocycles. The number of aromatic nitrogens is 1. The first kappa shape index (κ1) is 12.8. The quantitative estimate of drug-likeness (QED) is 0.786. The van der Waals surface area contributed by atoms with E-state index in [1.165, 1.54) is 4.90 Å². The Morgan fingerprint density at radius 1 is 1.17 bits per heavy atom. The molecule has 0 radical (unpaired) electrons. The number of rotatable bonds is 4. The molecule has 0 unspecified atom stereocenters. The van der Waals surface area contributed by atoms with Gasteiger partial charge < -0.3 is 0 Å². The summed E-state index contributed by atoms with van der Waals surface area (Å²) in [5, 5.41) is 1.09. The zero-order valence-electron chi connectivity index (χ0n) is 10.6. The molecule has 0 saturated heterocycles. The molecule has 0 atom stereocenters. The summed E-state index contributed by atoms with van der Waals surface area (Å²) >= 11 is 1.68. The Balaban J connectivity index is 2.29. The molecule has 1 aromatic heterocycles. The normalized spacial score (nSPS) is 10.3. The molecule has 0 N–H and O–H groups in total. The van der Waals surface area contributed by atoms with Crippen LogP contribution in [0.1, 0.15) is 12.5 Å². The van der Waals surface area contributed by atoms with E-state index in [0.717, 1.165) is 10.6 Å². The molecule has 1 heterocycles. The van der Waals surface area contributed by atoms with Crippen molar-refractivity contribution in [1.29, 1.82) is 0 Å². The topological polar surface area (TPSA) is 20.9 Å². The van der Waals surface area contributed by atoms with Crippen LogP contribution in [0.5, 0.6) is 0 Å². The van der Waals surface area contributed by atoms with E-state index in [0.29, 0.717) is 6.54 Å². The minimum atomic E-state index is 0.167. The Labute approximate surface area is 112 Å². The molecule has 0 aliphatic carbocycles. The van der Waals surface area contributed by atoms with Gasteiger partial charge in [0, 0.05) is 23.4 Å². The number of benzene rings is 1. The van der Waals surface area contributed by atoms with Gasteiger partial charge in [0.2, 0.25) is 11.6 Å². The van der Waals surface area contributed by atoms with Crippen molar-refractivity contribution in [3.05, 3.63) is 54.2 Å². The van der Waals surface area contributed by atoms with Crippen molar-refractivity contribution in [3.63, 3.8) is 0 Å². The first-order valence-corrected chi connectivity index (χ1v) is 6.69. The van der Waals surface area contributed by atoms with Crippen LogP contribution >= 0.6 is 11.8 Å². The molecular weight excluding hydrogens is 242 g/mol. The lowest BCUT2D eigenvalue weighted by Crippen LogP contribution is -2.39. The second-order valence-corrected chi connectivity index (χ2v) is 5.38. The molecule has 2 rings (SSSR count). The number of carbonyl (C=O) groups excluding carboxylic acids is 1. The average Bonchev–Trinajstić information content (AvgIpc) is 2.33. The Kier molecular flexibility index (Phi) is 4.15. The monoisotopic (exact) mass is 258 g/mol. The molecule has 0 spiro atoms. The van der Waals surface area contributed by atoms with E-state index in [4.69, 9.17) is 0 Å². The number of hydrogen-bond donors (Lipinski definition) is 0. The van der Waals surface area contributed by atoms with Gasteiger partial charge in [0.25, 0.3) is 0 Å². The summed E-state index contributed by atoms with van der Waals surface area (Å²) in [6, 6.07) is 14.3. The molecule has 0 bridgehead atoms. The molecule has 0 amide bonds. The molecular formula is C15H16NOS+. The van der Waals surface area contributed by atoms with E-state index in [-0.39, 0.29) is 5.78 Å². The van der Waals surface area contributed by atoms with E-state index in [9.17, 15) is 4.79 Å².